The van der Waals surface area contributed by atoms with E-state index in [1.807, 2.05) is 37.3 Å². The molecule has 0 fully saturated rings. The summed E-state index contributed by atoms with van der Waals surface area (Å²) in [7, 11) is 0. The second kappa shape index (κ2) is 10.4. The first-order valence-electron chi connectivity index (χ1n) is 9.06. The van der Waals surface area contributed by atoms with Gasteiger partial charge in [0.1, 0.15) is 11.6 Å². The van der Waals surface area contributed by atoms with Crippen LogP contribution < -0.4 is 5.32 Å². The van der Waals surface area contributed by atoms with E-state index in [1.165, 1.54) is 0 Å². The molecular formula is C21H24F2N2O2. The summed E-state index contributed by atoms with van der Waals surface area (Å²) >= 11 is 0. The Labute approximate surface area is 158 Å². The number of hydrogen-bond acceptors (Lipinski definition) is 2. The molecule has 0 aliphatic heterocycles. The monoisotopic (exact) mass is 374 g/mol. The van der Waals surface area contributed by atoms with Crippen LogP contribution in [0.4, 0.5) is 8.78 Å². The highest BCUT2D eigenvalue weighted by molar-refractivity contribution is 5.94. The minimum atomic E-state index is -0.902. The summed E-state index contributed by atoms with van der Waals surface area (Å²) in [6.07, 6.45) is 1.60. The number of halogens is 2. The molecule has 2 aromatic rings. The van der Waals surface area contributed by atoms with Crippen molar-refractivity contribution in [3.05, 3.63) is 71.3 Å². The maximum absolute atomic E-state index is 13.6. The molecule has 27 heavy (non-hydrogen) atoms. The fourth-order valence-electron chi connectivity index (χ4n) is 2.73. The van der Waals surface area contributed by atoms with Crippen LogP contribution in [0.15, 0.2) is 48.5 Å². The molecule has 0 aliphatic rings. The first-order valence-corrected chi connectivity index (χ1v) is 9.06. The van der Waals surface area contributed by atoms with Crippen molar-refractivity contribution >= 4 is 11.8 Å². The number of nitrogens with zero attached hydrogens (tertiary/aromatic N) is 1. The standard InChI is InChI=1S/C21H24F2N2O2/c1-2-13-25(15-16-7-4-3-5-8-16)20(26)9-6-12-24-21(27)18-11-10-17(22)14-19(18)23/h3-5,7-8,10-11,14H,2,6,9,12-13,15H2,1H3,(H,24,27). The van der Waals surface area contributed by atoms with Gasteiger partial charge >= 0.3 is 0 Å². The van der Waals surface area contributed by atoms with E-state index in [1.54, 1.807) is 4.90 Å². The van der Waals surface area contributed by atoms with Gasteiger partial charge in [0.25, 0.3) is 5.91 Å². The minimum absolute atomic E-state index is 0.0166. The fourth-order valence-corrected chi connectivity index (χ4v) is 2.73. The quantitative estimate of drug-likeness (QED) is 0.677. The van der Waals surface area contributed by atoms with Gasteiger partial charge in [0.2, 0.25) is 5.91 Å². The van der Waals surface area contributed by atoms with Gasteiger partial charge in [0.05, 0.1) is 5.56 Å². The van der Waals surface area contributed by atoms with E-state index in [2.05, 4.69) is 5.32 Å². The van der Waals surface area contributed by atoms with Gasteiger partial charge in [-0.25, -0.2) is 8.78 Å². The lowest BCUT2D eigenvalue weighted by molar-refractivity contribution is -0.132. The number of carbonyl (C=O) groups is 2. The molecule has 0 heterocycles. The fraction of sp³-hybridized carbons (Fsp3) is 0.333. The van der Waals surface area contributed by atoms with Gasteiger partial charge in [-0.3, -0.25) is 9.59 Å². The van der Waals surface area contributed by atoms with Crippen molar-refractivity contribution < 1.29 is 18.4 Å². The SMILES string of the molecule is CCCN(Cc1ccccc1)C(=O)CCCNC(=O)c1ccc(F)cc1F. The molecule has 4 nitrogen and oxygen atoms in total. The zero-order chi connectivity index (χ0) is 19.6. The highest BCUT2D eigenvalue weighted by atomic mass is 19.1. The molecule has 0 spiro atoms. The highest BCUT2D eigenvalue weighted by Crippen LogP contribution is 2.10. The Bertz CT molecular complexity index is 766. The molecule has 1 N–H and O–H groups in total. The predicted molar refractivity (Wildman–Crippen MR) is 100 cm³/mol. The number of hydrogen-bond donors (Lipinski definition) is 1. The first kappa shape index (κ1) is 20.6. The van der Waals surface area contributed by atoms with E-state index in [0.29, 0.717) is 32.0 Å². The van der Waals surface area contributed by atoms with Crippen molar-refractivity contribution in [2.24, 2.45) is 0 Å². The summed E-state index contributed by atoms with van der Waals surface area (Å²) in [6.45, 7) is 3.48. The summed E-state index contributed by atoms with van der Waals surface area (Å²) in [6, 6.07) is 12.6. The maximum atomic E-state index is 13.6. The molecule has 2 aromatic carbocycles. The molecule has 0 saturated heterocycles. The third-order valence-corrected chi connectivity index (χ3v) is 4.09. The van der Waals surface area contributed by atoms with Crippen LogP contribution >= 0.6 is 0 Å². The molecule has 0 unspecified atom stereocenters. The zero-order valence-corrected chi connectivity index (χ0v) is 15.4. The van der Waals surface area contributed by atoms with Gasteiger partial charge in [0, 0.05) is 32.1 Å². The number of carbonyl (C=O) groups excluding carboxylic acids is 2. The summed E-state index contributed by atoms with van der Waals surface area (Å²) < 4.78 is 26.5. The highest BCUT2D eigenvalue weighted by Gasteiger charge is 2.14. The molecule has 0 aromatic heterocycles. The summed E-state index contributed by atoms with van der Waals surface area (Å²) in [5.41, 5.74) is 0.860. The van der Waals surface area contributed by atoms with Gasteiger partial charge in [0.15, 0.2) is 0 Å². The molecule has 0 radical (unpaired) electrons. The third-order valence-electron chi connectivity index (χ3n) is 4.09. The van der Waals surface area contributed by atoms with Crippen molar-refractivity contribution in [3.63, 3.8) is 0 Å². The van der Waals surface area contributed by atoms with E-state index in [0.717, 1.165) is 24.1 Å². The van der Waals surface area contributed by atoms with E-state index in [4.69, 9.17) is 0 Å². The van der Waals surface area contributed by atoms with Crippen LogP contribution in [0.1, 0.15) is 42.1 Å². The number of benzene rings is 2. The smallest absolute Gasteiger partial charge is 0.254 e. The lowest BCUT2D eigenvalue weighted by Crippen LogP contribution is -2.32. The first-order chi connectivity index (χ1) is 13.0. The van der Waals surface area contributed by atoms with E-state index in [-0.39, 0.29) is 18.0 Å². The lowest BCUT2D eigenvalue weighted by Gasteiger charge is -2.22. The van der Waals surface area contributed by atoms with E-state index >= 15 is 0 Å². The largest absolute Gasteiger partial charge is 0.352 e. The van der Waals surface area contributed by atoms with Crippen LogP contribution in [-0.4, -0.2) is 29.8 Å². The molecule has 0 saturated carbocycles. The zero-order valence-electron chi connectivity index (χ0n) is 15.4. The average molecular weight is 374 g/mol. The van der Waals surface area contributed by atoms with Gasteiger partial charge in [-0.05, 0) is 30.5 Å². The Morgan fingerprint density at radius 2 is 1.81 bits per heavy atom. The maximum Gasteiger partial charge on any atom is 0.254 e. The van der Waals surface area contributed by atoms with Crippen LogP contribution in [0.3, 0.4) is 0 Å². The molecule has 6 heteroatoms. The average Bonchev–Trinajstić information content (AvgIpc) is 2.65. The van der Waals surface area contributed by atoms with Crippen molar-refractivity contribution in [3.8, 4) is 0 Å². The topological polar surface area (TPSA) is 49.4 Å². The normalized spacial score (nSPS) is 10.5. The lowest BCUT2D eigenvalue weighted by atomic mass is 10.1. The third kappa shape index (κ3) is 6.47. The van der Waals surface area contributed by atoms with Crippen LogP contribution in [-0.2, 0) is 11.3 Å². The Kier molecular flexibility index (Phi) is 7.92. The summed E-state index contributed by atoms with van der Waals surface area (Å²) in [5.74, 6) is -2.23. The van der Waals surface area contributed by atoms with E-state index in [9.17, 15) is 18.4 Å². The second-order valence-electron chi connectivity index (χ2n) is 6.28. The number of nitrogens with one attached hydrogen (secondary N) is 1. The summed E-state index contributed by atoms with van der Waals surface area (Å²) in [4.78, 5) is 26.2. The molecule has 2 rings (SSSR count). The van der Waals surface area contributed by atoms with Crippen LogP contribution in [0, 0.1) is 11.6 Å². The van der Waals surface area contributed by atoms with Gasteiger partial charge in [-0.15, -0.1) is 0 Å². The van der Waals surface area contributed by atoms with Gasteiger partial charge < -0.3 is 10.2 Å². The Hall–Kier alpha value is -2.76. The Morgan fingerprint density at radius 1 is 1.07 bits per heavy atom. The van der Waals surface area contributed by atoms with Gasteiger partial charge in [-0.2, -0.15) is 0 Å². The predicted octanol–water partition coefficient (Wildman–Crippen LogP) is 3.91. The molecule has 0 atom stereocenters. The van der Waals surface area contributed by atoms with Crippen LogP contribution in [0.25, 0.3) is 0 Å². The van der Waals surface area contributed by atoms with Gasteiger partial charge in [-0.1, -0.05) is 37.3 Å². The molecule has 0 bridgehead atoms. The molecule has 2 amide bonds. The van der Waals surface area contributed by atoms with Crippen molar-refractivity contribution in [1.29, 1.82) is 0 Å². The van der Waals surface area contributed by atoms with Crippen molar-refractivity contribution in [1.82, 2.24) is 10.2 Å². The van der Waals surface area contributed by atoms with Crippen molar-refractivity contribution in [2.75, 3.05) is 13.1 Å². The second-order valence-corrected chi connectivity index (χ2v) is 6.28. The van der Waals surface area contributed by atoms with E-state index < -0.39 is 17.5 Å². The Balaban J connectivity index is 1.80. The van der Waals surface area contributed by atoms with Crippen molar-refractivity contribution in [2.45, 2.75) is 32.7 Å². The Morgan fingerprint density at radius 3 is 2.48 bits per heavy atom. The summed E-state index contributed by atoms with van der Waals surface area (Å²) in [5, 5.41) is 2.56. The van der Waals surface area contributed by atoms with Crippen LogP contribution in [0.2, 0.25) is 0 Å². The molecule has 0 aliphatic carbocycles. The van der Waals surface area contributed by atoms with Crippen LogP contribution in [0.5, 0.6) is 0 Å². The number of rotatable bonds is 9. The molecule has 144 valence electrons. The molecular weight excluding hydrogens is 350 g/mol. The number of amides is 2. The minimum Gasteiger partial charge on any atom is -0.352 e.